The summed E-state index contributed by atoms with van der Waals surface area (Å²) in [7, 11) is 0. The number of rotatable bonds is 3. The Kier molecular flexibility index (Phi) is 4.30. The average molecular weight is 305 g/mol. The number of aliphatic hydroxyl groups excluding tert-OH is 1. The van der Waals surface area contributed by atoms with E-state index in [4.69, 9.17) is 11.6 Å². The Bertz CT molecular complexity index is 622. The quantitative estimate of drug-likeness (QED) is 0.666. The molecule has 1 atom stereocenters. The summed E-state index contributed by atoms with van der Waals surface area (Å²) in [6, 6.07) is 5.25. The highest BCUT2D eigenvalue weighted by Gasteiger charge is 2.16. The largest absolute Gasteiger partial charge is 0.388 e. The highest BCUT2D eigenvalue weighted by atomic mass is 35.5. The molecule has 0 aliphatic rings. The molecular formula is C14H9ClF4O. The van der Waals surface area contributed by atoms with Crippen LogP contribution >= 0.6 is 11.6 Å². The zero-order valence-electron chi connectivity index (χ0n) is 10.0. The SMILES string of the molecule is OC(Cc1ccc(F)c(Cl)c1)c1cc(F)c(F)c(F)c1. The summed E-state index contributed by atoms with van der Waals surface area (Å²) >= 11 is 5.59. The number of aliphatic hydroxyl groups is 1. The lowest BCUT2D eigenvalue weighted by Crippen LogP contribution is -2.05. The van der Waals surface area contributed by atoms with Crippen LogP contribution in [0.3, 0.4) is 0 Å². The lowest BCUT2D eigenvalue weighted by atomic mass is 10.0. The minimum absolute atomic E-state index is 0.0372. The standard InChI is InChI=1S/C14H9ClF4O/c15-9-3-7(1-2-10(9)16)4-13(20)8-5-11(17)14(19)12(18)6-8/h1-3,5-6,13,20H,4H2. The predicted molar refractivity (Wildman–Crippen MR) is 66.4 cm³/mol. The van der Waals surface area contributed by atoms with Crippen molar-refractivity contribution >= 4 is 11.6 Å². The van der Waals surface area contributed by atoms with Crippen molar-refractivity contribution < 1.29 is 22.7 Å². The number of hydrogen-bond acceptors (Lipinski definition) is 1. The maximum absolute atomic E-state index is 13.1. The van der Waals surface area contributed by atoms with Gasteiger partial charge in [-0.05, 0) is 35.4 Å². The van der Waals surface area contributed by atoms with Crippen molar-refractivity contribution in [3.05, 3.63) is 69.8 Å². The molecule has 20 heavy (non-hydrogen) atoms. The van der Waals surface area contributed by atoms with Gasteiger partial charge in [0.05, 0.1) is 11.1 Å². The average Bonchev–Trinajstić information content (AvgIpc) is 2.39. The predicted octanol–water partition coefficient (Wildman–Crippen LogP) is 4.17. The summed E-state index contributed by atoms with van der Waals surface area (Å²) in [5.41, 5.74) is 0.371. The highest BCUT2D eigenvalue weighted by molar-refractivity contribution is 6.30. The molecule has 0 amide bonds. The van der Waals surface area contributed by atoms with Gasteiger partial charge in [-0.3, -0.25) is 0 Å². The van der Waals surface area contributed by atoms with Gasteiger partial charge >= 0.3 is 0 Å². The van der Waals surface area contributed by atoms with Crippen LogP contribution in [0.5, 0.6) is 0 Å². The molecule has 2 aromatic carbocycles. The zero-order valence-corrected chi connectivity index (χ0v) is 10.8. The molecule has 0 radical (unpaired) electrons. The Morgan fingerprint density at radius 2 is 1.55 bits per heavy atom. The molecule has 0 spiro atoms. The fourth-order valence-electron chi connectivity index (χ4n) is 1.78. The molecule has 0 aliphatic carbocycles. The summed E-state index contributed by atoms with van der Waals surface area (Å²) < 4.78 is 51.9. The molecule has 6 heteroatoms. The summed E-state index contributed by atoms with van der Waals surface area (Å²) in [5.74, 6) is -4.96. The van der Waals surface area contributed by atoms with Crippen LogP contribution in [-0.4, -0.2) is 5.11 Å². The van der Waals surface area contributed by atoms with Crippen molar-refractivity contribution in [2.75, 3.05) is 0 Å². The van der Waals surface area contributed by atoms with E-state index in [1.54, 1.807) is 0 Å². The van der Waals surface area contributed by atoms with Crippen molar-refractivity contribution in [3.8, 4) is 0 Å². The third-order valence-corrected chi connectivity index (χ3v) is 3.09. The van der Waals surface area contributed by atoms with Crippen molar-refractivity contribution in [2.24, 2.45) is 0 Å². The van der Waals surface area contributed by atoms with Gasteiger partial charge in [-0.25, -0.2) is 17.6 Å². The maximum Gasteiger partial charge on any atom is 0.194 e. The van der Waals surface area contributed by atoms with Crippen LogP contribution in [0.25, 0.3) is 0 Å². The first-order valence-electron chi connectivity index (χ1n) is 5.65. The van der Waals surface area contributed by atoms with Gasteiger partial charge in [0.15, 0.2) is 17.5 Å². The number of halogens is 5. The molecular weight excluding hydrogens is 296 g/mol. The zero-order chi connectivity index (χ0) is 14.9. The van der Waals surface area contributed by atoms with Crippen molar-refractivity contribution in [1.82, 2.24) is 0 Å². The minimum atomic E-state index is -1.59. The fraction of sp³-hybridized carbons (Fsp3) is 0.143. The molecule has 0 bridgehead atoms. The fourth-order valence-corrected chi connectivity index (χ4v) is 1.98. The first-order valence-corrected chi connectivity index (χ1v) is 6.02. The van der Waals surface area contributed by atoms with E-state index in [-0.39, 0.29) is 17.0 Å². The molecule has 0 heterocycles. The minimum Gasteiger partial charge on any atom is -0.388 e. The summed E-state index contributed by atoms with van der Waals surface area (Å²) in [5, 5.41) is 9.76. The van der Waals surface area contributed by atoms with Gasteiger partial charge < -0.3 is 5.11 Å². The first kappa shape index (κ1) is 14.8. The third-order valence-electron chi connectivity index (χ3n) is 2.80. The van der Waals surface area contributed by atoms with E-state index in [1.807, 2.05) is 0 Å². The van der Waals surface area contributed by atoms with Crippen LogP contribution in [0.4, 0.5) is 17.6 Å². The van der Waals surface area contributed by atoms with E-state index < -0.39 is 29.4 Å². The second kappa shape index (κ2) is 5.81. The molecule has 2 rings (SSSR count). The van der Waals surface area contributed by atoms with Crippen LogP contribution in [-0.2, 0) is 6.42 Å². The van der Waals surface area contributed by atoms with Gasteiger partial charge in [-0.2, -0.15) is 0 Å². The van der Waals surface area contributed by atoms with Gasteiger partial charge in [0.1, 0.15) is 5.82 Å². The van der Waals surface area contributed by atoms with Crippen molar-refractivity contribution in [3.63, 3.8) is 0 Å². The number of hydrogen-bond donors (Lipinski definition) is 1. The van der Waals surface area contributed by atoms with Gasteiger partial charge in [-0.1, -0.05) is 17.7 Å². The van der Waals surface area contributed by atoms with Crippen molar-refractivity contribution in [2.45, 2.75) is 12.5 Å². The molecule has 2 aromatic rings. The third kappa shape index (κ3) is 3.11. The lowest BCUT2D eigenvalue weighted by Gasteiger charge is -2.12. The normalized spacial score (nSPS) is 12.5. The molecule has 0 saturated heterocycles. The first-order chi connectivity index (χ1) is 9.38. The van der Waals surface area contributed by atoms with Crippen molar-refractivity contribution in [1.29, 1.82) is 0 Å². The molecule has 0 aromatic heterocycles. The van der Waals surface area contributed by atoms with E-state index in [1.165, 1.54) is 12.1 Å². The van der Waals surface area contributed by atoms with E-state index in [0.717, 1.165) is 6.07 Å². The smallest absolute Gasteiger partial charge is 0.194 e. The Labute approximate surface area is 117 Å². The van der Waals surface area contributed by atoms with Gasteiger partial charge in [0.2, 0.25) is 0 Å². The Balaban J connectivity index is 2.23. The lowest BCUT2D eigenvalue weighted by molar-refractivity contribution is 0.177. The molecule has 1 N–H and O–H groups in total. The van der Waals surface area contributed by atoms with Crippen LogP contribution in [0.1, 0.15) is 17.2 Å². The monoisotopic (exact) mass is 304 g/mol. The molecule has 0 aliphatic heterocycles. The van der Waals surface area contributed by atoms with Gasteiger partial charge in [0, 0.05) is 6.42 Å². The second-order valence-corrected chi connectivity index (χ2v) is 4.67. The summed E-state index contributed by atoms with van der Waals surface area (Å²) in [4.78, 5) is 0. The van der Waals surface area contributed by atoms with E-state index >= 15 is 0 Å². The van der Waals surface area contributed by atoms with Gasteiger partial charge in [-0.15, -0.1) is 0 Å². The Morgan fingerprint density at radius 1 is 0.950 bits per heavy atom. The maximum atomic E-state index is 13.1. The van der Waals surface area contributed by atoms with Crippen LogP contribution < -0.4 is 0 Å². The Morgan fingerprint density at radius 3 is 2.10 bits per heavy atom. The molecule has 106 valence electrons. The molecule has 1 nitrogen and oxygen atoms in total. The Hall–Kier alpha value is -1.59. The highest BCUT2D eigenvalue weighted by Crippen LogP contribution is 2.24. The molecule has 1 unspecified atom stereocenters. The van der Waals surface area contributed by atoms with E-state index in [0.29, 0.717) is 17.7 Å². The van der Waals surface area contributed by atoms with Crippen LogP contribution in [0.2, 0.25) is 5.02 Å². The van der Waals surface area contributed by atoms with E-state index in [2.05, 4.69) is 0 Å². The summed E-state index contributed by atoms with van der Waals surface area (Å²) in [6.45, 7) is 0. The molecule has 0 fully saturated rings. The topological polar surface area (TPSA) is 20.2 Å². The van der Waals surface area contributed by atoms with Crippen LogP contribution in [0.15, 0.2) is 30.3 Å². The van der Waals surface area contributed by atoms with Crippen LogP contribution in [0, 0.1) is 23.3 Å². The summed E-state index contributed by atoms with van der Waals surface area (Å²) in [6.07, 6.45) is -1.30. The molecule has 0 saturated carbocycles. The van der Waals surface area contributed by atoms with E-state index in [9.17, 15) is 22.7 Å². The van der Waals surface area contributed by atoms with Gasteiger partial charge in [0.25, 0.3) is 0 Å². The number of benzene rings is 2. The second-order valence-electron chi connectivity index (χ2n) is 4.27.